The number of benzene rings is 1. The maximum absolute atomic E-state index is 12.2. The third-order valence-corrected chi connectivity index (χ3v) is 3.80. The zero-order chi connectivity index (χ0) is 14.0. The molecule has 3 heteroatoms. The van der Waals surface area contributed by atoms with Gasteiger partial charge in [0.05, 0.1) is 5.56 Å². The van der Waals surface area contributed by atoms with Crippen LogP contribution < -0.4 is 10.1 Å². The zero-order valence-electron chi connectivity index (χ0n) is 12.2. The van der Waals surface area contributed by atoms with E-state index in [1.807, 2.05) is 25.1 Å². The van der Waals surface area contributed by atoms with Gasteiger partial charge in [-0.2, -0.15) is 0 Å². The van der Waals surface area contributed by atoms with Crippen LogP contribution in [0.5, 0.6) is 5.75 Å². The van der Waals surface area contributed by atoms with Crippen LogP contribution >= 0.6 is 0 Å². The lowest BCUT2D eigenvalue weighted by atomic mass is 9.97. The molecule has 1 N–H and O–H groups in total. The molecule has 1 amide bonds. The Kier molecular flexibility index (Phi) is 4.13. The zero-order valence-corrected chi connectivity index (χ0v) is 12.2. The molecule has 0 fully saturated rings. The molecule has 0 unspecified atom stereocenters. The van der Waals surface area contributed by atoms with E-state index >= 15 is 0 Å². The van der Waals surface area contributed by atoms with Crippen molar-refractivity contribution in [3.8, 4) is 5.75 Å². The highest BCUT2D eigenvalue weighted by Gasteiger charge is 2.30. The Hall–Kier alpha value is -1.51. The van der Waals surface area contributed by atoms with Gasteiger partial charge in [0.25, 0.3) is 5.91 Å². The molecule has 0 bridgehead atoms. The van der Waals surface area contributed by atoms with Crippen LogP contribution in [0.2, 0.25) is 0 Å². The first kappa shape index (κ1) is 13.9. The first-order valence-electron chi connectivity index (χ1n) is 7.08. The molecule has 1 aliphatic heterocycles. The molecule has 0 spiro atoms. The summed E-state index contributed by atoms with van der Waals surface area (Å²) in [4.78, 5) is 12.2. The van der Waals surface area contributed by atoms with Crippen molar-refractivity contribution in [3.05, 3.63) is 29.3 Å². The van der Waals surface area contributed by atoms with E-state index in [0.717, 1.165) is 17.7 Å². The number of nitrogens with one attached hydrogen (secondary N) is 1. The lowest BCUT2D eigenvalue weighted by Crippen LogP contribution is -2.25. The normalized spacial score (nSPS) is 21.1. The van der Waals surface area contributed by atoms with Crippen molar-refractivity contribution >= 4 is 5.91 Å². The summed E-state index contributed by atoms with van der Waals surface area (Å²) in [6.45, 7) is 9.20. The first-order chi connectivity index (χ1) is 9.00. The van der Waals surface area contributed by atoms with Crippen molar-refractivity contribution in [2.75, 3.05) is 6.54 Å². The van der Waals surface area contributed by atoms with Gasteiger partial charge in [-0.3, -0.25) is 4.79 Å². The van der Waals surface area contributed by atoms with Gasteiger partial charge in [0.2, 0.25) is 0 Å². The number of para-hydroxylation sites is 1. The van der Waals surface area contributed by atoms with Crippen LogP contribution in [0.4, 0.5) is 0 Å². The molecule has 2 rings (SSSR count). The summed E-state index contributed by atoms with van der Waals surface area (Å²) in [6, 6.07) is 5.83. The van der Waals surface area contributed by atoms with E-state index in [9.17, 15) is 4.79 Å². The van der Waals surface area contributed by atoms with Crippen LogP contribution in [0.15, 0.2) is 18.2 Å². The molecule has 19 heavy (non-hydrogen) atoms. The Labute approximate surface area is 115 Å². The van der Waals surface area contributed by atoms with Crippen LogP contribution in [0.1, 0.15) is 56.0 Å². The highest BCUT2D eigenvalue weighted by Crippen LogP contribution is 2.40. The minimum Gasteiger partial charge on any atom is -0.489 e. The fourth-order valence-corrected chi connectivity index (χ4v) is 2.33. The summed E-state index contributed by atoms with van der Waals surface area (Å²) in [6.07, 6.45) is 1.13. The van der Waals surface area contributed by atoms with Gasteiger partial charge in [-0.25, -0.2) is 0 Å². The Morgan fingerprint density at radius 3 is 2.79 bits per heavy atom. The number of carbonyl (C=O) groups is 1. The molecule has 0 saturated carbocycles. The number of amides is 1. The molecule has 1 aromatic rings. The lowest BCUT2D eigenvalue weighted by Gasteiger charge is -2.10. The molecule has 3 nitrogen and oxygen atoms in total. The fourth-order valence-electron chi connectivity index (χ4n) is 2.33. The van der Waals surface area contributed by atoms with Gasteiger partial charge >= 0.3 is 0 Å². The minimum atomic E-state index is -0.0289. The molecule has 104 valence electrons. The van der Waals surface area contributed by atoms with E-state index in [4.69, 9.17) is 4.74 Å². The van der Waals surface area contributed by atoms with Crippen molar-refractivity contribution < 1.29 is 9.53 Å². The SMILES string of the molecule is CC(C)CCNC(=O)c1cccc2c1O[C@@H](C)[C@H]2C. The van der Waals surface area contributed by atoms with Crippen molar-refractivity contribution in [1.29, 1.82) is 0 Å². The number of rotatable bonds is 4. The van der Waals surface area contributed by atoms with E-state index < -0.39 is 0 Å². The summed E-state index contributed by atoms with van der Waals surface area (Å²) in [5, 5.41) is 2.97. The second kappa shape index (κ2) is 5.64. The van der Waals surface area contributed by atoms with Gasteiger partial charge in [0.15, 0.2) is 0 Å². The summed E-state index contributed by atoms with van der Waals surface area (Å²) < 4.78 is 5.84. The van der Waals surface area contributed by atoms with Gasteiger partial charge in [-0.15, -0.1) is 0 Å². The molecular formula is C16H23NO2. The van der Waals surface area contributed by atoms with Crippen LogP contribution in [-0.2, 0) is 0 Å². The number of ether oxygens (including phenoxy) is 1. The highest BCUT2D eigenvalue weighted by atomic mass is 16.5. The van der Waals surface area contributed by atoms with Gasteiger partial charge in [0, 0.05) is 18.0 Å². The average Bonchev–Trinajstić information content (AvgIpc) is 2.65. The minimum absolute atomic E-state index is 0.0289. The van der Waals surface area contributed by atoms with E-state index in [2.05, 4.69) is 26.1 Å². The Bertz CT molecular complexity index is 468. The van der Waals surface area contributed by atoms with Crippen molar-refractivity contribution in [1.82, 2.24) is 5.32 Å². The van der Waals surface area contributed by atoms with Crippen LogP contribution in [0.3, 0.4) is 0 Å². The smallest absolute Gasteiger partial charge is 0.255 e. The third-order valence-electron chi connectivity index (χ3n) is 3.80. The van der Waals surface area contributed by atoms with E-state index in [0.29, 0.717) is 23.9 Å². The third kappa shape index (κ3) is 2.91. The monoisotopic (exact) mass is 261 g/mol. The topological polar surface area (TPSA) is 38.3 Å². The number of hydrogen-bond acceptors (Lipinski definition) is 2. The largest absolute Gasteiger partial charge is 0.489 e. The van der Waals surface area contributed by atoms with Crippen molar-refractivity contribution in [2.45, 2.75) is 46.1 Å². The maximum atomic E-state index is 12.2. The first-order valence-corrected chi connectivity index (χ1v) is 7.08. The second-order valence-corrected chi connectivity index (χ2v) is 5.77. The fraction of sp³-hybridized carbons (Fsp3) is 0.562. The maximum Gasteiger partial charge on any atom is 0.255 e. The predicted molar refractivity (Wildman–Crippen MR) is 76.7 cm³/mol. The second-order valence-electron chi connectivity index (χ2n) is 5.77. The van der Waals surface area contributed by atoms with Crippen LogP contribution in [-0.4, -0.2) is 18.6 Å². The number of carbonyl (C=O) groups excluding carboxylic acids is 1. The van der Waals surface area contributed by atoms with Crippen LogP contribution in [0, 0.1) is 5.92 Å². The van der Waals surface area contributed by atoms with Gasteiger partial charge < -0.3 is 10.1 Å². The lowest BCUT2D eigenvalue weighted by molar-refractivity contribution is 0.0947. The quantitative estimate of drug-likeness (QED) is 0.902. The molecule has 0 aliphatic carbocycles. The molecule has 1 heterocycles. The van der Waals surface area contributed by atoms with Crippen molar-refractivity contribution in [3.63, 3.8) is 0 Å². The summed E-state index contributed by atoms with van der Waals surface area (Å²) in [5.74, 6) is 1.68. The molecule has 0 aromatic heterocycles. The number of fused-ring (bicyclic) bond motifs is 1. The molecule has 1 aromatic carbocycles. The molecule has 1 aliphatic rings. The summed E-state index contributed by atoms with van der Waals surface area (Å²) in [7, 11) is 0. The van der Waals surface area contributed by atoms with Gasteiger partial charge in [0.1, 0.15) is 11.9 Å². The Morgan fingerprint density at radius 2 is 2.11 bits per heavy atom. The van der Waals surface area contributed by atoms with E-state index in [-0.39, 0.29) is 12.0 Å². The Morgan fingerprint density at radius 1 is 1.37 bits per heavy atom. The molecule has 2 atom stereocenters. The molecular weight excluding hydrogens is 238 g/mol. The summed E-state index contributed by atoms with van der Waals surface area (Å²) in [5.41, 5.74) is 1.81. The van der Waals surface area contributed by atoms with E-state index in [1.54, 1.807) is 0 Å². The molecule has 0 saturated heterocycles. The highest BCUT2D eigenvalue weighted by molar-refractivity contribution is 5.97. The standard InChI is InChI=1S/C16H23NO2/c1-10(2)8-9-17-16(18)14-7-5-6-13-11(3)12(4)19-15(13)14/h5-7,10-12H,8-9H2,1-4H3,(H,17,18)/t11-,12+/m1/s1. The summed E-state index contributed by atoms with van der Waals surface area (Å²) >= 11 is 0. The van der Waals surface area contributed by atoms with Crippen LogP contribution in [0.25, 0.3) is 0 Å². The van der Waals surface area contributed by atoms with Gasteiger partial charge in [-0.05, 0) is 25.3 Å². The van der Waals surface area contributed by atoms with Gasteiger partial charge in [-0.1, -0.05) is 32.9 Å². The Balaban J connectivity index is 2.12. The van der Waals surface area contributed by atoms with E-state index in [1.165, 1.54) is 0 Å². The molecule has 0 radical (unpaired) electrons. The van der Waals surface area contributed by atoms with Crippen molar-refractivity contribution in [2.24, 2.45) is 5.92 Å². The average molecular weight is 261 g/mol. The predicted octanol–water partition coefficient (Wildman–Crippen LogP) is 3.35. The number of hydrogen-bond donors (Lipinski definition) is 1.